The molecule has 2 N–H and O–H groups in total. The van der Waals surface area contributed by atoms with Gasteiger partial charge in [-0.3, -0.25) is 9.89 Å². The maximum atomic E-state index is 5.79. The number of halogens is 1. The van der Waals surface area contributed by atoms with Crippen LogP contribution in [0.15, 0.2) is 35.3 Å². The summed E-state index contributed by atoms with van der Waals surface area (Å²) in [4.78, 5) is 7.03. The Morgan fingerprint density at radius 2 is 1.97 bits per heavy atom. The maximum Gasteiger partial charge on any atom is 0.191 e. The first kappa shape index (κ1) is 26.4. The topological polar surface area (TPSA) is 58.1 Å². The first-order chi connectivity index (χ1) is 14.8. The summed E-state index contributed by atoms with van der Waals surface area (Å²) in [5, 5.41) is 6.98. The Balaban J connectivity index is 0.00000341. The molecule has 1 aromatic carbocycles. The zero-order valence-corrected chi connectivity index (χ0v) is 21.6. The highest BCUT2D eigenvalue weighted by Gasteiger charge is 2.24. The molecule has 0 spiro atoms. The molecule has 176 valence electrons. The summed E-state index contributed by atoms with van der Waals surface area (Å²) in [6, 6.07) is 11.2. The minimum atomic E-state index is 0. The Bertz CT molecular complexity index is 617. The van der Waals surface area contributed by atoms with Gasteiger partial charge in [-0.25, -0.2) is 0 Å². The van der Waals surface area contributed by atoms with Gasteiger partial charge in [0.2, 0.25) is 0 Å². The van der Waals surface area contributed by atoms with Gasteiger partial charge >= 0.3 is 0 Å². The van der Waals surface area contributed by atoms with E-state index in [-0.39, 0.29) is 24.0 Å². The lowest BCUT2D eigenvalue weighted by Gasteiger charge is -2.37. The molecule has 2 aliphatic heterocycles. The number of hydrogen-bond acceptors (Lipinski definition) is 4. The van der Waals surface area contributed by atoms with Crippen molar-refractivity contribution in [3.63, 3.8) is 0 Å². The molecule has 31 heavy (non-hydrogen) atoms. The smallest absolute Gasteiger partial charge is 0.191 e. The molecular formula is C24H41IN4O2. The number of likely N-dealkylation sites (tertiary alicyclic amines) is 1. The molecule has 3 rings (SSSR count). The van der Waals surface area contributed by atoms with Crippen LogP contribution in [0.25, 0.3) is 0 Å². The number of piperidine rings is 1. The molecule has 0 amide bonds. The van der Waals surface area contributed by atoms with E-state index < -0.39 is 0 Å². The van der Waals surface area contributed by atoms with Crippen LogP contribution in [0.2, 0.25) is 0 Å². The Hall–Kier alpha value is -0.900. The number of hydrogen-bond donors (Lipinski definition) is 2. The van der Waals surface area contributed by atoms with Crippen LogP contribution in [-0.2, 0) is 9.47 Å². The zero-order chi connectivity index (χ0) is 21.0. The fourth-order valence-electron chi connectivity index (χ4n) is 4.23. The second-order valence-corrected chi connectivity index (χ2v) is 8.68. The summed E-state index contributed by atoms with van der Waals surface area (Å²) in [6.07, 6.45) is 4.67. The lowest BCUT2D eigenvalue weighted by Crippen LogP contribution is -2.45. The Labute approximate surface area is 205 Å². The Morgan fingerprint density at radius 1 is 1.19 bits per heavy atom. The largest absolute Gasteiger partial charge is 0.381 e. The molecule has 0 aliphatic carbocycles. The van der Waals surface area contributed by atoms with Crippen molar-refractivity contribution in [1.29, 1.82) is 0 Å². The summed E-state index contributed by atoms with van der Waals surface area (Å²) in [7, 11) is 1.84. The third-order valence-corrected chi connectivity index (χ3v) is 6.27. The van der Waals surface area contributed by atoms with Gasteiger partial charge in [0.05, 0.1) is 19.3 Å². The number of benzene rings is 1. The van der Waals surface area contributed by atoms with Crippen molar-refractivity contribution in [3.8, 4) is 0 Å². The van der Waals surface area contributed by atoms with Crippen molar-refractivity contribution in [2.24, 2.45) is 16.8 Å². The van der Waals surface area contributed by atoms with E-state index in [1.54, 1.807) is 0 Å². The van der Waals surface area contributed by atoms with Crippen LogP contribution in [0.5, 0.6) is 0 Å². The van der Waals surface area contributed by atoms with Crippen LogP contribution in [0.1, 0.15) is 44.2 Å². The van der Waals surface area contributed by atoms with Crippen LogP contribution >= 0.6 is 24.0 Å². The van der Waals surface area contributed by atoms with Gasteiger partial charge in [-0.05, 0) is 50.3 Å². The predicted molar refractivity (Wildman–Crippen MR) is 138 cm³/mol. The Kier molecular flexibility index (Phi) is 12.8. The minimum Gasteiger partial charge on any atom is -0.381 e. The van der Waals surface area contributed by atoms with Crippen molar-refractivity contribution in [1.82, 2.24) is 15.5 Å². The van der Waals surface area contributed by atoms with E-state index in [2.05, 4.69) is 57.8 Å². The van der Waals surface area contributed by atoms with E-state index >= 15 is 0 Å². The highest BCUT2D eigenvalue weighted by Crippen LogP contribution is 2.26. The fourth-order valence-corrected chi connectivity index (χ4v) is 4.23. The van der Waals surface area contributed by atoms with Crippen LogP contribution in [-0.4, -0.2) is 70.5 Å². The van der Waals surface area contributed by atoms with E-state index in [0.717, 1.165) is 77.3 Å². The molecule has 2 atom stereocenters. The Morgan fingerprint density at radius 3 is 2.65 bits per heavy atom. The van der Waals surface area contributed by atoms with Gasteiger partial charge in [-0.2, -0.15) is 0 Å². The molecule has 0 aromatic heterocycles. The summed E-state index contributed by atoms with van der Waals surface area (Å²) in [5.74, 6) is 2.29. The van der Waals surface area contributed by atoms with Crippen LogP contribution in [0, 0.1) is 11.8 Å². The quantitative estimate of drug-likeness (QED) is 0.204. The SMILES string of the molecule is CN=C(NCCCOCC1CCOC1)NCC(c1ccccc1)N1CCC(C)CC1.I. The summed E-state index contributed by atoms with van der Waals surface area (Å²) < 4.78 is 11.2. The second kappa shape index (κ2) is 15.0. The van der Waals surface area contributed by atoms with Gasteiger partial charge in [-0.1, -0.05) is 37.3 Å². The number of nitrogens with one attached hydrogen (secondary N) is 2. The molecule has 2 aliphatic rings. The van der Waals surface area contributed by atoms with Crippen LogP contribution < -0.4 is 10.6 Å². The van der Waals surface area contributed by atoms with Crippen molar-refractivity contribution in [2.75, 3.05) is 59.7 Å². The highest BCUT2D eigenvalue weighted by atomic mass is 127. The standard InChI is InChI=1S/C24H40N4O2.HI/c1-20-9-13-28(14-10-20)23(22-7-4-3-5-8-22)17-27-24(25-2)26-12-6-15-29-18-21-11-16-30-19-21;/h3-5,7-8,20-21,23H,6,9-19H2,1-2H3,(H2,25,26,27);1H. The first-order valence-electron chi connectivity index (χ1n) is 11.6. The first-order valence-corrected chi connectivity index (χ1v) is 11.6. The molecule has 2 unspecified atom stereocenters. The van der Waals surface area contributed by atoms with E-state index in [9.17, 15) is 0 Å². The van der Waals surface area contributed by atoms with E-state index in [0.29, 0.717) is 12.0 Å². The van der Waals surface area contributed by atoms with Crippen molar-refractivity contribution in [2.45, 2.75) is 38.6 Å². The molecule has 0 saturated carbocycles. The predicted octanol–water partition coefficient (Wildman–Crippen LogP) is 3.69. The van der Waals surface area contributed by atoms with E-state index in [1.807, 2.05) is 7.05 Å². The van der Waals surface area contributed by atoms with Crippen molar-refractivity contribution in [3.05, 3.63) is 35.9 Å². The summed E-state index contributed by atoms with van der Waals surface area (Å²) in [5.41, 5.74) is 1.37. The molecule has 0 bridgehead atoms. The number of nitrogens with zero attached hydrogens (tertiary/aromatic N) is 2. The van der Waals surface area contributed by atoms with Gasteiger partial charge < -0.3 is 20.1 Å². The number of rotatable bonds is 10. The third kappa shape index (κ3) is 9.24. The molecule has 2 heterocycles. The minimum absolute atomic E-state index is 0. The van der Waals surface area contributed by atoms with Gasteiger partial charge in [0.15, 0.2) is 5.96 Å². The normalized spacial score (nSPS) is 21.5. The monoisotopic (exact) mass is 544 g/mol. The molecule has 6 nitrogen and oxygen atoms in total. The van der Waals surface area contributed by atoms with E-state index in [1.165, 1.54) is 18.4 Å². The molecular weight excluding hydrogens is 503 g/mol. The van der Waals surface area contributed by atoms with Crippen molar-refractivity contribution >= 4 is 29.9 Å². The summed E-state index contributed by atoms with van der Waals surface area (Å²) in [6.45, 7) is 9.75. The van der Waals surface area contributed by atoms with Gasteiger partial charge in [0.25, 0.3) is 0 Å². The number of guanidine groups is 1. The lowest BCUT2D eigenvalue weighted by atomic mass is 9.95. The fraction of sp³-hybridized carbons (Fsp3) is 0.708. The lowest BCUT2D eigenvalue weighted by molar-refractivity contribution is 0.0888. The summed E-state index contributed by atoms with van der Waals surface area (Å²) >= 11 is 0. The molecule has 1 aromatic rings. The third-order valence-electron chi connectivity index (χ3n) is 6.27. The number of ether oxygens (including phenoxy) is 2. The van der Waals surface area contributed by atoms with Gasteiger partial charge in [0, 0.05) is 39.3 Å². The zero-order valence-electron chi connectivity index (χ0n) is 19.2. The second-order valence-electron chi connectivity index (χ2n) is 8.68. The van der Waals surface area contributed by atoms with Crippen LogP contribution in [0.3, 0.4) is 0 Å². The molecule has 7 heteroatoms. The van der Waals surface area contributed by atoms with E-state index in [4.69, 9.17) is 9.47 Å². The van der Waals surface area contributed by atoms with Crippen LogP contribution in [0.4, 0.5) is 0 Å². The van der Waals surface area contributed by atoms with Gasteiger partial charge in [-0.15, -0.1) is 24.0 Å². The van der Waals surface area contributed by atoms with Gasteiger partial charge in [0.1, 0.15) is 0 Å². The molecule has 2 fully saturated rings. The van der Waals surface area contributed by atoms with Crippen molar-refractivity contribution < 1.29 is 9.47 Å². The average molecular weight is 545 g/mol. The molecule has 2 saturated heterocycles. The highest BCUT2D eigenvalue weighted by molar-refractivity contribution is 14.0. The average Bonchev–Trinajstić information content (AvgIpc) is 3.30. The number of aliphatic imine (C=N–C) groups is 1. The maximum absolute atomic E-state index is 5.79. The molecule has 0 radical (unpaired) electrons.